The Labute approximate surface area is 127 Å². The van der Waals surface area contributed by atoms with E-state index >= 15 is 0 Å². The highest BCUT2D eigenvalue weighted by molar-refractivity contribution is 5.23. The Balaban J connectivity index is 2.15. The molecule has 0 aromatic carbocycles. The molecule has 2 heterocycles. The fourth-order valence-electron chi connectivity index (χ4n) is 2.39. The highest BCUT2D eigenvalue weighted by Crippen LogP contribution is 2.18. The van der Waals surface area contributed by atoms with Crippen molar-refractivity contribution >= 4 is 0 Å². The van der Waals surface area contributed by atoms with E-state index in [9.17, 15) is 0 Å². The van der Waals surface area contributed by atoms with Crippen LogP contribution in [0.15, 0.2) is 36.8 Å². The molecule has 112 valence electrons. The Morgan fingerprint density at radius 3 is 2.62 bits per heavy atom. The summed E-state index contributed by atoms with van der Waals surface area (Å²) in [5.74, 6) is 0. The molecule has 0 saturated heterocycles. The monoisotopic (exact) mass is 283 g/mol. The minimum atomic E-state index is 0.275. The summed E-state index contributed by atoms with van der Waals surface area (Å²) in [6.45, 7) is 7.43. The predicted molar refractivity (Wildman–Crippen MR) is 87.3 cm³/mol. The quantitative estimate of drug-likeness (QED) is 0.843. The Kier molecular flexibility index (Phi) is 5.88. The number of nitrogens with one attached hydrogen (secondary N) is 1. The number of aromatic nitrogens is 2. The molecule has 21 heavy (non-hydrogen) atoms. The van der Waals surface area contributed by atoms with E-state index in [-0.39, 0.29) is 6.04 Å². The van der Waals surface area contributed by atoms with Gasteiger partial charge < -0.3 is 5.32 Å². The van der Waals surface area contributed by atoms with Crippen LogP contribution in [0.2, 0.25) is 0 Å². The lowest BCUT2D eigenvalue weighted by molar-refractivity contribution is 0.522. The molecule has 2 aromatic rings. The third-order valence-corrected chi connectivity index (χ3v) is 3.65. The molecule has 3 nitrogen and oxygen atoms in total. The van der Waals surface area contributed by atoms with Gasteiger partial charge in [0.15, 0.2) is 0 Å². The lowest BCUT2D eigenvalue weighted by atomic mass is 10.0. The van der Waals surface area contributed by atoms with E-state index in [0.29, 0.717) is 0 Å². The molecule has 2 rings (SSSR count). The lowest BCUT2D eigenvalue weighted by Crippen LogP contribution is -2.24. The second-order valence-corrected chi connectivity index (χ2v) is 5.52. The van der Waals surface area contributed by atoms with Gasteiger partial charge in [-0.15, -0.1) is 0 Å². The van der Waals surface area contributed by atoms with Crippen LogP contribution < -0.4 is 5.32 Å². The average Bonchev–Trinajstić information content (AvgIpc) is 2.52. The third-order valence-electron chi connectivity index (χ3n) is 3.65. The highest BCUT2D eigenvalue weighted by atomic mass is 14.9. The van der Waals surface area contributed by atoms with Crippen LogP contribution in [0.4, 0.5) is 0 Å². The lowest BCUT2D eigenvalue weighted by Gasteiger charge is -2.19. The zero-order chi connectivity index (χ0) is 15.1. The average molecular weight is 283 g/mol. The minimum absolute atomic E-state index is 0.275. The van der Waals surface area contributed by atoms with Crippen molar-refractivity contribution in [1.29, 1.82) is 0 Å². The van der Waals surface area contributed by atoms with Crippen molar-refractivity contribution in [2.24, 2.45) is 0 Å². The van der Waals surface area contributed by atoms with Crippen molar-refractivity contribution in [1.82, 2.24) is 15.3 Å². The largest absolute Gasteiger partial charge is 0.310 e. The summed E-state index contributed by atoms with van der Waals surface area (Å²) in [6, 6.07) is 6.80. The van der Waals surface area contributed by atoms with Crippen molar-refractivity contribution in [3.63, 3.8) is 0 Å². The summed E-state index contributed by atoms with van der Waals surface area (Å²) in [6.07, 6.45) is 8.90. The molecule has 1 unspecified atom stereocenters. The van der Waals surface area contributed by atoms with Gasteiger partial charge >= 0.3 is 0 Å². The van der Waals surface area contributed by atoms with Crippen LogP contribution in [0.25, 0.3) is 0 Å². The van der Waals surface area contributed by atoms with E-state index in [1.54, 1.807) is 0 Å². The normalized spacial score (nSPS) is 12.3. The molecule has 0 spiro atoms. The van der Waals surface area contributed by atoms with Gasteiger partial charge in [-0.3, -0.25) is 9.97 Å². The van der Waals surface area contributed by atoms with E-state index in [4.69, 9.17) is 0 Å². The number of rotatable bonds is 7. The van der Waals surface area contributed by atoms with Crippen LogP contribution in [0, 0.1) is 6.92 Å². The first kappa shape index (κ1) is 15.6. The minimum Gasteiger partial charge on any atom is -0.310 e. The van der Waals surface area contributed by atoms with Crippen molar-refractivity contribution in [3.8, 4) is 0 Å². The molecule has 0 aliphatic heterocycles. The fraction of sp³-hybridized carbons (Fsp3) is 0.444. The summed E-state index contributed by atoms with van der Waals surface area (Å²) in [7, 11) is 0. The van der Waals surface area contributed by atoms with Gasteiger partial charge in [-0.2, -0.15) is 0 Å². The maximum Gasteiger partial charge on any atom is 0.0422 e. The van der Waals surface area contributed by atoms with Crippen LogP contribution in [0.3, 0.4) is 0 Å². The molecule has 1 N–H and O–H groups in total. The fourth-order valence-corrected chi connectivity index (χ4v) is 2.39. The van der Waals surface area contributed by atoms with Gasteiger partial charge in [0.05, 0.1) is 0 Å². The number of hydrogen-bond donors (Lipinski definition) is 1. The van der Waals surface area contributed by atoms with Gasteiger partial charge in [0.25, 0.3) is 0 Å². The molecular formula is C18H25N3. The Bertz CT molecular complexity index is 549. The van der Waals surface area contributed by atoms with E-state index in [1.165, 1.54) is 16.7 Å². The van der Waals surface area contributed by atoms with Gasteiger partial charge in [0.1, 0.15) is 0 Å². The van der Waals surface area contributed by atoms with Crippen molar-refractivity contribution in [2.45, 2.75) is 46.1 Å². The van der Waals surface area contributed by atoms with Gasteiger partial charge in [0, 0.05) is 36.7 Å². The maximum atomic E-state index is 4.58. The molecule has 0 fully saturated rings. The standard InChI is InChI=1S/C18H25N3/c1-4-8-20-18(16-9-14(3)11-19-13-16)10-17-7-6-15(5-2)12-21-17/h6-7,9,11-13,18,20H,4-5,8,10H2,1-3H3. The first-order valence-corrected chi connectivity index (χ1v) is 7.81. The first-order valence-electron chi connectivity index (χ1n) is 7.81. The zero-order valence-corrected chi connectivity index (χ0v) is 13.3. The molecule has 0 radical (unpaired) electrons. The second-order valence-electron chi connectivity index (χ2n) is 5.52. The molecule has 0 amide bonds. The predicted octanol–water partition coefficient (Wildman–Crippen LogP) is 3.63. The smallest absolute Gasteiger partial charge is 0.0422 e. The summed E-state index contributed by atoms with van der Waals surface area (Å²) < 4.78 is 0. The number of hydrogen-bond acceptors (Lipinski definition) is 3. The van der Waals surface area contributed by atoms with E-state index in [0.717, 1.165) is 31.5 Å². The van der Waals surface area contributed by atoms with Crippen molar-refractivity contribution < 1.29 is 0 Å². The molecule has 0 aliphatic rings. The number of nitrogens with zero attached hydrogens (tertiary/aromatic N) is 2. The Morgan fingerprint density at radius 2 is 2.00 bits per heavy atom. The molecule has 0 saturated carbocycles. The highest BCUT2D eigenvalue weighted by Gasteiger charge is 2.13. The van der Waals surface area contributed by atoms with Gasteiger partial charge in [-0.1, -0.05) is 26.0 Å². The molecular weight excluding hydrogens is 258 g/mol. The molecule has 1 atom stereocenters. The molecule has 0 aliphatic carbocycles. The van der Waals surface area contributed by atoms with Gasteiger partial charge in [-0.25, -0.2) is 0 Å². The summed E-state index contributed by atoms with van der Waals surface area (Å²) in [5, 5.41) is 3.61. The summed E-state index contributed by atoms with van der Waals surface area (Å²) in [4.78, 5) is 8.91. The topological polar surface area (TPSA) is 37.8 Å². The Morgan fingerprint density at radius 1 is 1.14 bits per heavy atom. The van der Waals surface area contributed by atoms with Crippen LogP contribution in [0.5, 0.6) is 0 Å². The van der Waals surface area contributed by atoms with Crippen molar-refractivity contribution in [2.75, 3.05) is 6.54 Å². The summed E-state index contributed by atoms with van der Waals surface area (Å²) >= 11 is 0. The maximum absolute atomic E-state index is 4.58. The first-order chi connectivity index (χ1) is 10.2. The number of pyridine rings is 2. The van der Waals surface area contributed by atoms with Gasteiger partial charge in [0.2, 0.25) is 0 Å². The number of aryl methyl sites for hydroxylation is 2. The molecule has 0 bridgehead atoms. The van der Waals surface area contributed by atoms with Crippen LogP contribution in [-0.4, -0.2) is 16.5 Å². The van der Waals surface area contributed by atoms with Crippen molar-refractivity contribution in [3.05, 3.63) is 59.2 Å². The Hall–Kier alpha value is -1.74. The van der Waals surface area contributed by atoms with E-state index in [1.807, 2.05) is 18.6 Å². The van der Waals surface area contributed by atoms with E-state index < -0.39 is 0 Å². The molecule has 2 aromatic heterocycles. The third kappa shape index (κ3) is 4.64. The van der Waals surface area contributed by atoms with E-state index in [2.05, 4.69) is 54.3 Å². The van der Waals surface area contributed by atoms with Crippen LogP contribution in [-0.2, 0) is 12.8 Å². The van der Waals surface area contributed by atoms with Crippen LogP contribution in [0.1, 0.15) is 48.7 Å². The zero-order valence-electron chi connectivity index (χ0n) is 13.3. The molecule has 3 heteroatoms. The SMILES string of the molecule is CCCNC(Cc1ccc(CC)cn1)c1cncc(C)c1. The van der Waals surface area contributed by atoms with Gasteiger partial charge in [-0.05, 0) is 49.1 Å². The summed E-state index contributed by atoms with van der Waals surface area (Å²) in [5.41, 5.74) is 4.85. The second kappa shape index (κ2) is 7.89. The van der Waals surface area contributed by atoms with Crippen LogP contribution >= 0.6 is 0 Å².